The summed E-state index contributed by atoms with van der Waals surface area (Å²) in [4.78, 5) is 38.9. The molecule has 0 spiro atoms. The molecule has 2 rings (SSSR count). The molecule has 0 aliphatic heterocycles. The van der Waals surface area contributed by atoms with Crippen LogP contribution in [0.4, 0.5) is 0 Å². The number of carbonyl (C=O) groups excluding carboxylic acids is 3. The predicted molar refractivity (Wildman–Crippen MR) is 172 cm³/mol. The molecule has 0 saturated carbocycles. The molecule has 0 radical (unpaired) electrons. The molecule has 0 bridgehead atoms. The third-order valence-corrected chi connectivity index (χ3v) is 9.32. The second kappa shape index (κ2) is 18.1. The number of nitrogens with one attached hydrogen (secondary N) is 4. The molecule has 0 aliphatic rings. The van der Waals surface area contributed by atoms with E-state index in [2.05, 4.69) is 20.7 Å². The maximum atomic E-state index is 13.1. The molecule has 244 valence electrons. The molecule has 0 saturated heterocycles. The van der Waals surface area contributed by atoms with E-state index in [0.29, 0.717) is 17.9 Å². The van der Waals surface area contributed by atoms with Crippen molar-refractivity contribution >= 4 is 39.5 Å². The number of hydrogen-bond acceptors (Lipinski definition) is 8. The van der Waals surface area contributed by atoms with Crippen LogP contribution in [0.15, 0.2) is 59.5 Å². The van der Waals surface area contributed by atoms with Gasteiger partial charge in [-0.05, 0) is 61.0 Å². The number of aliphatic hydroxyl groups is 2. The Kier molecular flexibility index (Phi) is 15.3. The Morgan fingerprint density at radius 2 is 1.50 bits per heavy atom. The van der Waals surface area contributed by atoms with Gasteiger partial charge < -0.3 is 26.2 Å². The van der Waals surface area contributed by atoms with Crippen molar-refractivity contribution in [3.8, 4) is 0 Å². The maximum Gasteiger partial charge on any atom is 0.243 e. The minimum absolute atomic E-state index is 0.00212. The second-order valence-electron chi connectivity index (χ2n) is 11.2. The molecule has 2 aromatic carbocycles. The first-order chi connectivity index (χ1) is 20.8. The van der Waals surface area contributed by atoms with Crippen LogP contribution >= 0.6 is 11.8 Å². The zero-order valence-corrected chi connectivity index (χ0v) is 27.6. The lowest BCUT2D eigenvalue weighted by molar-refractivity contribution is -0.132. The van der Waals surface area contributed by atoms with Crippen LogP contribution < -0.4 is 20.7 Å². The first-order valence-corrected chi connectivity index (χ1v) is 17.5. The molecular weight excluding hydrogens is 604 g/mol. The Labute approximate surface area is 265 Å². The topological polar surface area (TPSA) is 174 Å². The number of amides is 3. The maximum absolute atomic E-state index is 13.1. The van der Waals surface area contributed by atoms with E-state index in [0.717, 1.165) is 5.56 Å². The molecule has 0 aliphatic carbocycles. The summed E-state index contributed by atoms with van der Waals surface area (Å²) in [5.41, 5.74) is 1.49. The molecular formula is C31H46N4O7S2. The Balaban J connectivity index is 1.97. The Hall–Kier alpha value is -2.97. The first kappa shape index (κ1) is 37.2. The summed E-state index contributed by atoms with van der Waals surface area (Å²) in [6.45, 7) is 6.97. The van der Waals surface area contributed by atoms with E-state index >= 15 is 0 Å². The van der Waals surface area contributed by atoms with E-state index in [1.807, 2.05) is 50.4 Å². The molecule has 6 N–H and O–H groups in total. The highest BCUT2D eigenvalue weighted by molar-refractivity contribution is 7.98. The van der Waals surface area contributed by atoms with E-state index in [9.17, 15) is 33.0 Å². The van der Waals surface area contributed by atoms with E-state index in [4.69, 9.17) is 0 Å². The molecule has 2 aromatic rings. The van der Waals surface area contributed by atoms with Crippen molar-refractivity contribution < 1.29 is 33.0 Å². The number of aliphatic hydroxyl groups excluding tert-OH is 2. The summed E-state index contributed by atoms with van der Waals surface area (Å²) in [7, 11) is -4.04. The fourth-order valence-corrected chi connectivity index (χ4v) is 6.03. The molecule has 11 nitrogen and oxygen atoms in total. The van der Waals surface area contributed by atoms with Gasteiger partial charge in [0.25, 0.3) is 0 Å². The van der Waals surface area contributed by atoms with Gasteiger partial charge in [0, 0.05) is 12.5 Å². The van der Waals surface area contributed by atoms with Crippen LogP contribution in [0.25, 0.3) is 0 Å². The van der Waals surface area contributed by atoms with Crippen LogP contribution in [0.3, 0.4) is 0 Å². The molecule has 0 aromatic heterocycles. The fraction of sp³-hybridized carbons (Fsp3) is 0.516. The summed E-state index contributed by atoms with van der Waals surface area (Å²) in [5, 5.41) is 28.4. The van der Waals surface area contributed by atoms with Crippen molar-refractivity contribution in [2.75, 3.05) is 12.0 Å². The van der Waals surface area contributed by atoms with E-state index < -0.39 is 52.0 Å². The van der Waals surface area contributed by atoms with Crippen molar-refractivity contribution in [3.05, 3.63) is 65.7 Å². The smallest absolute Gasteiger partial charge is 0.243 e. The number of hydrogen-bond donors (Lipinski definition) is 6. The number of carbonyl (C=O) groups is 3. The van der Waals surface area contributed by atoms with Gasteiger partial charge in [-0.15, -0.1) is 0 Å². The predicted octanol–water partition coefficient (Wildman–Crippen LogP) is 1.93. The SMILES string of the molecule is CSCC[C@H](NS(=O)(=O)c1ccc(CO)cc1)C(=O)N[C@@H](C)[C@@H](O)C[C@@H](C)C(=O)N[C@H](C(=O)NCc1ccccc1)C(C)C. The first-order valence-electron chi connectivity index (χ1n) is 14.6. The quantitative estimate of drug-likeness (QED) is 0.142. The molecule has 3 amide bonds. The van der Waals surface area contributed by atoms with Gasteiger partial charge in [-0.1, -0.05) is 63.2 Å². The van der Waals surface area contributed by atoms with Gasteiger partial charge in [0.05, 0.1) is 23.6 Å². The second-order valence-corrected chi connectivity index (χ2v) is 13.9. The van der Waals surface area contributed by atoms with Crippen LogP contribution in [0.5, 0.6) is 0 Å². The summed E-state index contributed by atoms with van der Waals surface area (Å²) >= 11 is 1.46. The lowest BCUT2D eigenvalue weighted by Gasteiger charge is -2.27. The van der Waals surface area contributed by atoms with Crippen LogP contribution in [0.1, 0.15) is 51.7 Å². The van der Waals surface area contributed by atoms with Crippen LogP contribution in [-0.4, -0.2) is 72.6 Å². The van der Waals surface area contributed by atoms with Gasteiger partial charge in [-0.3, -0.25) is 14.4 Å². The standard InChI is InChI=1S/C31H46N4O7S2/c1-20(2)28(31(40)32-18-23-9-7-6-8-10-23)34-29(38)21(3)17-27(37)22(4)33-30(39)26(15-16-43-5)35-44(41,42)25-13-11-24(19-36)12-14-25/h6-14,20-22,26-28,35-37H,15-19H2,1-5H3,(H,32,40)(H,33,39)(H,34,38)/t21-,22+,26+,27+,28+/m1/s1. The lowest BCUT2D eigenvalue weighted by Crippen LogP contribution is -2.53. The number of thioether (sulfide) groups is 1. The van der Waals surface area contributed by atoms with E-state index in [1.165, 1.54) is 36.0 Å². The van der Waals surface area contributed by atoms with Crippen molar-refractivity contribution in [3.63, 3.8) is 0 Å². The average Bonchev–Trinajstić information content (AvgIpc) is 3.00. The largest absolute Gasteiger partial charge is 0.392 e. The zero-order chi connectivity index (χ0) is 32.9. The molecule has 0 fully saturated rings. The van der Waals surface area contributed by atoms with Gasteiger partial charge in [0.2, 0.25) is 27.7 Å². The molecule has 0 heterocycles. The number of benzene rings is 2. The molecule has 44 heavy (non-hydrogen) atoms. The Morgan fingerprint density at radius 1 is 0.864 bits per heavy atom. The summed E-state index contributed by atoms with van der Waals surface area (Å²) in [5.74, 6) is -1.68. The third-order valence-electron chi connectivity index (χ3n) is 7.19. The fourth-order valence-electron chi connectivity index (χ4n) is 4.33. The third kappa shape index (κ3) is 11.8. The number of sulfonamides is 1. The van der Waals surface area contributed by atoms with E-state index in [1.54, 1.807) is 13.8 Å². The van der Waals surface area contributed by atoms with Crippen molar-refractivity contribution in [2.45, 2.75) is 82.8 Å². The van der Waals surface area contributed by atoms with Gasteiger partial charge in [-0.25, -0.2) is 8.42 Å². The van der Waals surface area contributed by atoms with Gasteiger partial charge >= 0.3 is 0 Å². The van der Waals surface area contributed by atoms with Crippen molar-refractivity contribution in [2.24, 2.45) is 11.8 Å². The highest BCUT2D eigenvalue weighted by Gasteiger charge is 2.31. The monoisotopic (exact) mass is 650 g/mol. The molecule has 5 atom stereocenters. The van der Waals surface area contributed by atoms with Crippen molar-refractivity contribution in [1.82, 2.24) is 20.7 Å². The molecule has 13 heteroatoms. The van der Waals surface area contributed by atoms with Gasteiger partial charge in [0.1, 0.15) is 12.1 Å². The Bertz CT molecular complexity index is 1310. The minimum Gasteiger partial charge on any atom is -0.392 e. The zero-order valence-electron chi connectivity index (χ0n) is 25.9. The van der Waals surface area contributed by atoms with Gasteiger partial charge in [0.15, 0.2) is 0 Å². The minimum atomic E-state index is -4.04. The molecule has 0 unspecified atom stereocenters. The summed E-state index contributed by atoms with van der Waals surface area (Å²) in [6.07, 6.45) is 0.938. The normalized spacial score (nSPS) is 15.1. The number of rotatable bonds is 18. The van der Waals surface area contributed by atoms with Crippen LogP contribution in [0, 0.1) is 11.8 Å². The van der Waals surface area contributed by atoms with Crippen molar-refractivity contribution in [1.29, 1.82) is 0 Å². The summed E-state index contributed by atoms with van der Waals surface area (Å²) in [6, 6.07) is 12.4. The lowest BCUT2D eigenvalue weighted by atomic mass is 9.96. The highest BCUT2D eigenvalue weighted by Crippen LogP contribution is 2.15. The average molecular weight is 651 g/mol. The van der Waals surface area contributed by atoms with Crippen LogP contribution in [-0.2, 0) is 37.6 Å². The van der Waals surface area contributed by atoms with Crippen LogP contribution in [0.2, 0.25) is 0 Å². The Morgan fingerprint density at radius 3 is 2.07 bits per heavy atom. The summed E-state index contributed by atoms with van der Waals surface area (Å²) < 4.78 is 28.4. The van der Waals surface area contributed by atoms with E-state index in [-0.39, 0.29) is 36.2 Å². The highest BCUT2D eigenvalue weighted by atomic mass is 32.2. The van der Waals surface area contributed by atoms with Gasteiger partial charge in [-0.2, -0.15) is 16.5 Å².